The van der Waals surface area contributed by atoms with Gasteiger partial charge < -0.3 is 10.3 Å². The zero-order chi connectivity index (χ0) is 18.9. The van der Waals surface area contributed by atoms with Gasteiger partial charge in [-0.2, -0.15) is 4.31 Å². The minimum Gasteiger partial charge on any atom is -0.355 e. The van der Waals surface area contributed by atoms with Crippen molar-refractivity contribution >= 4 is 26.8 Å². The van der Waals surface area contributed by atoms with Crippen LogP contribution >= 0.6 is 0 Å². The lowest BCUT2D eigenvalue weighted by molar-refractivity contribution is -0.119. The lowest BCUT2D eigenvalue weighted by Gasteiger charge is -2.34. The fourth-order valence-corrected chi connectivity index (χ4v) is 4.92. The second-order valence-electron chi connectivity index (χ2n) is 6.32. The monoisotopic (exact) mass is 380 g/mol. The predicted octanol–water partition coefficient (Wildman–Crippen LogP) is -0.104. The van der Waals surface area contributed by atoms with Gasteiger partial charge in [0.15, 0.2) is 0 Å². The van der Waals surface area contributed by atoms with Gasteiger partial charge in [0.1, 0.15) is 0 Å². The van der Waals surface area contributed by atoms with Crippen LogP contribution in [0.1, 0.15) is 26.2 Å². The van der Waals surface area contributed by atoms with Gasteiger partial charge in [0.25, 0.3) is 5.56 Å². The Morgan fingerprint density at radius 2 is 2.04 bits per heavy atom. The molecule has 0 aliphatic carbocycles. The quantitative estimate of drug-likeness (QED) is 0.681. The van der Waals surface area contributed by atoms with Crippen LogP contribution in [0.4, 0.5) is 0 Å². The Kier molecular flexibility index (Phi) is 4.97. The van der Waals surface area contributed by atoms with Crippen molar-refractivity contribution in [2.45, 2.75) is 37.1 Å². The normalized spacial score (nSPS) is 18.7. The molecule has 1 aromatic carbocycles. The summed E-state index contributed by atoms with van der Waals surface area (Å²) in [5.41, 5.74) is -1.02. The first kappa shape index (κ1) is 18.3. The van der Waals surface area contributed by atoms with Crippen LogP contribution in [0.25, 0.3) is 10.9 Å². The fourth-order valence-electron chi connectivity index (χ4n) is 3.20. The number of aromatic amines is 2. The van der Waals surface area contributed by atoms with Gasteiger partial charge in [-0.3, -0.25) is 14.6 Å². The van der Waals surface area contributed by atoms with E-state index in [9.17, 15) is 22.8 Å². The fraction of sp³-hybridized carbons (Fsp3) is 0.438. The molecule has 26 heavy (non-hydrogen) atoms. The molecule has 9 nitrogen and oxygen atoms in total. The third-order valence-electron chi connectivity index (χ3n) is 4.48. The van der Waals surface area contributed by atoms with E-state index in [1.165, 1.54) is 29.4 Å². The highest BCUT2D eigenvalue weighted by atomic mass is 32.2. The minimum atomic E-state index is -3.84. The van der Waals surface area contributed by atoms with Crippen LogP contribution in [0.15, 0.2) is 32.7 Å². The summed E-state index contributed by atoms with van der Waals surface area (Å²) < 4.78 is 27.6. The zero-order valence-electron chi connectivity index (χ0n) is 14.2. The second kappa shape index (κ2) is 7.04. The van der Waals surface area contributed by atoms with Crippen LogP contribution in [0.5, 0.6) is 0 Å². The van der Waals surface area contributed by atoms with Crippen LogP contribution in [-0.2, 0) is 14.8 Å². The summed E-state index contributed by atoms with van der Waals surface area (Å²) in [5.74, 6) is -0.214. The van der Waals surface area contributed by atoms with Crippen molar-refractivity contribution in [1.29, 1.82) is 0 Å². The number of aromatic nitrogens is 2. The summed E-state index contributed by atoms with van der Waals surface area (Å²) in [7, 11) is -3.84. The van der Waals surface area contributed by atoms with E-state index in [1.807, 2.05) is 0 Å². The zero-order valence-corrected chi connectivity index (χ0v) is 15.1. The number of sulfonamides is 1. The Labute approximate surface area is 149 Å². The average molecular weight is 380 g/mol. The van der Waals surface area contributed by atoms with Crippen molar-refractivity contribution in [3.8, 4) is 0 Å². The molecule has 0 radical (unpaired) electrons. The number of hydrogen-bond donors (Lipinski definition) is 3. The van der Waals surface area contributed by atoms with Crippen molar-refractivity contribution in [3.05, 3.63) is 39.0 Å². The largest absolute Gasteiger partial charge is 0.355 e. The smallest absolute Gasteiger partial charge is 0.326 e. The van der Waals surface area contributed by atoms with Crippen molar-refractivity contribution in [2.75, 3.05) is 13.1 Å². The maximum Gasteiger partial charge on any atom is 0.326 e. The number of carbonyl (C=O) groups excluding carboxylic acids is 1. The molecule has 0 saturated carbocycles. The van der Waals surface area contributed by atoms with E-state index in [1.54, 1.807) is 0 Å². The summed E-state index contributed by atoms with van der Waals surface area (Å²) in [5, 5.41) is 2.77. The van der Waals surface area contributed by atoms with E-state index in [2.05, 4.69) is 15.3 Å². The number of nitrogens with zero attached hydrogens (tertiary/aromatic N) is 1. The first-order chi connectivity index (χ1) is 12.3. The number of rotatable bonds is 4. The third kappa shape index (κ3) is 3.56. The van der Waals surface area contributed by atoms with Crippen LogP contribution in [0, 0.1) is 0 Å². The van der Waals surface area contributed by atoms with Crippen molar-refractivity contribution in [3.63, 3.8) is 0 Å². The first-order valence-electron chi connectivity index (χ1n) is 8.31. The van der Waals surface area contributed by atoms with E-state index in [4.69, 9.17) is 0 Å². The van der Waals surface area contributed by atoms with Crippen molar-refractivity contribution in [1.82, 2.24) is 19.6 Å². The Hall–Kier alpha value is -2.46. The Morgan fingerprint density at radius 1 is 1.27 bits per heavy atom. The maximum absolute atomic E-state index is 13.1. The summed E-state index contributed by atoms with van der Waals surface area (Å²) in [4.78, 5) is 39.0. The van der Waals surface area contributed by atoms with Gasteiger partial charge in [0.05, 0.1) is 15.8 Å². The molecule has 140 valence electrons. The molecule has 1 aromatic heterocycles. The van der Waals surface area contributed by atoms with E-state index in [0.717, 1.165) is 12.8 Å². The van der Waals surface area contributed by atoms with Crippen molar-refractivity contribution < 1.29 is 13.2 Å². The summed E-state index contributed by atoms with van der Waals surface area (Å²) >= 11 is 0. The molecule has 1 saturated heterocycles. The highest BCUT2D eigenvalue weighted by molar-refractivity contribution is 7.89. The number of carbonyl (C=O) groups is 1. The number of H-pyrrole nitrogens is 2. The Balaban J connectivity index is 2.00. The molecule has 0 spiro atoms. The van der Waals surface area contributed by atoms with Crippen LogP contribution in [0.3, 0.4) is 0 Å². The first-order valence-corrected chi connectivity index (χ1v) is 9.75. The number of benzene rings is 1. The number of nitrogens with one attached hydrogen (secondary N) is 3. The predicted molar refractivity (Wildman–Crippen MR) is 95.4 cm³/mol. The minimum absolute atomic E-state index is 0.0164. The summed E-state index contributed by atoms with van der Waals surface area (Å²) in [6.45, 7) is 1.99. The number of hydrogen-bond acceptors (Lipinski definition) is 5. The lowest BCUT2D eigenvalue weighted by Crippen LogP contribution is -2.49. The molecule has 2 heterocycles. The van der Waals surface area contributed by atoms with Crippen LogP contribution < -0.4 is 16.6 Å². The summed E-state index contributed by atoms with van der Waals surface area (Å²) in [6, 6.07) is 3.72. The Morgan fingerprint density at radius 3 is 2.77 bits per heavy atom. The van der Waals surface area contributed by atoms with Gasteiger partial charge in [-0.1, -0.05) is 6.42 Å². The highest BCUT2D eigenvalue weighted by Gasteiger charge is 2.33. The molecular formula is C16H20N4O5S. The molecule has 1 fully saturated rings. The Bertz CT molecular complexity index is 1060. The standard InChI is InChI=1S/C16H20N4O5S/c1-10(21)17-9-11-4-2-3-7-20(11)26(24,25)12-5-6-14-13(8-12)15(22)19-16(23)18-14/h5-6,8,11H,2-4,7,9H2,1H3,(H,17,21)(H2,18,19,22,23). The molecule has 10 heteroatoms. The topological polar surface area (TPSA) is 132 Å². The molecule has 1 amide bonds. The molecule has 3 rings (SSSR count). The molecular weight excluding hydrogens is 360 g/mol. The molecule has 1 atom stereocenters. The van der Waals surface area contributed by atoms with Gasteiger partial charge in [-0.15, -0.1) is 0 Å². The van der Waals surface area contributed by atoms with E-state index >= 15 is 0 Å². The van der Waals surface area contributed by atoms with Gasteiger partial charge in [-0.05, 0) is 31.0 Å². The van der Waals surface area contributed by atoms with E-state index in [-0.39, 0.29) is 34.3 Å². The second-order valence-corrected chi connectivity index (χ2v) is 8.21. The van der Waals surface area contributed by atoms with Gasteiger partial charge in [0.2, 0.25) is 15.9 Å². The van der Waals surface area contributed by atoms with Crippen molar-refractivity contribution in [2.24, 2.45) is 0 Å². The molecule has 1 aliphatic rings. The number of fused-ring (bicyclic) bond motifs is 1. The lowest BCUT2D eigenvalue weighted by atomic mass is 10.1. The third-order valence-corrected chi connectivity index (χ3v) is 6.43. The molecule has 0 bridgehead atoms. The van der Waals surface area contributed by atoms with Gasteiger partial charge >= 0.3 is 5.69 Å². The van der Waals surface area contributed by atoms with E-state index in [0.29, 0.717) is 13.0 Å². The molecule has 1 unspecified atom stereocenters. The molecule has 3 N–H and O–H groups in total. The molecule has 1 aliphatic heterocycles. The van der Waals surface area contributed by atoms with Gasteiger partial charge in [-0.25, -0.2) is 13.2 Å². The number of piperidine rings is 1. The van der Waals surface area contributed by atoms with Crippen LogP contribution in [-0.4, -0.2) is 47.7 Å². The van der Waals surface area contributed by atoms with E-state index < -0.39 is 21.3 Å². The number of amides is 1. The average Bonchev–Trinajstić information content (AvgIpc) is 2.59. The maximum atomic E-state index is 13.1. The van der Waals surface area contributed by atoms with Crippen LogP contribution in [0.2, 0.25) is 0 Å². The SMILES string of the molecule is CC(=O)NCC1CCCCN1S(=O)(=O)c1ccc2[nH]c(=O)[nH]c(=O)c2c1. The van der Waals surface area contributed by atoms with Gasteiger partial charge in [0, 0.05) is 26.1 Å². The highest BCUT2D eigenvalue weighted by Crippen LogP contribution is 2.26. The molecule has 2 aromatic rings. The summed E-state index contributed by atoms with van der Waals surface area (Å²) in [6.07, 6.45) is 2.27.